The molecule has 0 saturated carbocycles. The van der Waals surface area contributed by atoms with E-state index < -0.39 is 0 Å². The van der Waals surface area contributed by atoms with Gasteiger partial charge < -0.3 is 5.11 Å². The zero-order valence-electron chi connectivity index (χ0n) is 19.2. The molecule has 1 aliphatic heterocycles. The number of aryl methyl sites for hydroxylation is 3. The minimum absolute atomic E-state index is 0.0867. The lowest BCUT2D eigenvalue weighted by Gasteiger charge is -2.38. The molecule has 1 N–H and O–H groups in total. The van der Waals surface area contributed by atoms with E-state index >= 15 is 0 Å². The molecule has 0 amide bonds. The summed E-state index contributed by atoms with van der Waals surface area (Å²) in [7, 11) is 0. The molecule has 0 spiro atoms. The number of rotatable bonds is 1. The van der Waals surface area contributed by atoms with Gasteiger partial charge >= 0.3 is 0 Å². The third kappa shape index (κ3) is 2.52. The van der Waals surface area contributed by atoms with Crippen molar-refractivity contribution in [3.63, 3.8) is 0 Å². The Kier molecular flexibility index (Phi) is 4.24. The summed E-state index contributed by atoms with van der Waals surface area (Å²) in [6.07, 6.45) is 4.33. The summed E-state index contributed by atoms with van der Waals surface area (Å²) < 4.78 is 4.62. The predicted molar refractivity (Wildman–Crippen MR) is 119 cm³/mol. The van der Waals surface area contributed by atoms with Gasteiger partial charge in [0.1, 0.15) is 35.4 Å². The van der Waals surface area contributed by atoms with Crippen LogP contribution in [0.1, 0.15) is 65.8 Å². The summed E-state index contributed by atoms with van der Waals surface area (Å²) in [4.78, 5) is 0. The normalized spacial score (nSPS) is 17.2. The number of phenolic OH excluding ortho intramolecular Hbond substituents is 1. The quantitative estimate of drug-likeness (QED) is 0.521. The van der Waals surface area contributed by atoms with Gasteiger partial charge in [0.25, 0.3) is 5.82 Å². The van der Waals surface area contributed by atoms with Crippen molar-refractivity contribution in [3.8, 4) is 22.8 Å². The van der Waals surface area contributed by atoms with Gasteiger partial charge in [0, 0.05) is 5.41 Å². The number of imidazole rings is 1. The number of phenols is 1. The van der Waals surface area contributed by atoms with Crippen LogP contribution < -0.4 is 4.57 Å². The van der Waals surface area contributed by atoms with Gasteiger partial charge in [0.05, 0.1) is 0 Å². The Morgan fingerprint density at radius 1 is 0.931 bits per heavy atom. The lowest BCUT2D eigenvalue weighted by Crippen LogP contribution is -2.52. The first-order valence-corrected chi connectivity index (χ1v) is 10.5. The number of fused-ring (bicyclic) bond motifs is 3. The van der Waals surface area contributed by atoms with Gasteiger partial charge in [-0.15, -0.1) is 0 Å². The van der Waals surface area contributed by atoms with Gasteiger partial charge in [-0.3, -0.25) is 0 Å². The van der Waals surface area contributed by atoms with Crippen LogP contribution in [0.3, 0.4) is 0 Å². The summed E-state index contributed by atoms with van der Waals surface area (Å²) in [6.45, 7) is 19.7. The van der Waals surface area contributed by atoms with Crippen molar-refractivity contribution in [2.45, 2.75) is 73.8 Å². The van der Waals surface area contributed by atoms with Gasteiger partial charge in [0.2, 0.25) is 0 Å². The minimum atomic E-state index is -0.0867. The van der Waals surface area contributed by atoms with Crippen molar-refractivity contribution in [2.75, 3.05) is 0 Å². The molecule has 0 unspecified atom stereocenters. The zero-order chi connectivity index (χ0) is 21.4. The molecular formula is C26H33N2O+. The summed E-state index contributed by atoms with van der Waals surface area (Å²) in [5.41, 5.74) is 10.6. The fourth-order valence-corrected chi connectivity index (χ4v) is 5.42. The molecule has 0 aliphatic carbocycles. The van der Waals surface area contributed by atoms with Crippen LogP contribution in [0.5, 0.6) is 5.75 Å². The van der Waals surface area contributed by atoms with E-state index in [2.05, 4.69) is 89.1 Å². The molecule has 4 rings (SSSR count). The molecule has 152 valence electrons. The van der Waals surface area contributed by atoms with Crippen LogP contribution in [0.15, 0.2) is 24.5 Å². The van der Waals surface area contributed by atoms with Crippen LogP contribution in [0.4, 0.5) is 0 Å². The van der Waals surface area contributed by atoms with Crippen LogP contribution in [-0.2, 0) is 5.41 Å². The van der Waals surface area contributed by atoms with E-state index in [1.54, 1.807) is 0 Å². The zero-order valence-corrected chi connectivity index (χ0v) is 19.2. The molecule has 0 fully saturated rings. The number of aromatic nitrogens is 2. The third-order valence-corrected chi connectivity index (χ3v) is 7.40. The van der Waals surface area contributed by atoms with E-state index in [0.29, 0.717) is 5.75 Å². The smallest absolute Gasteiger partial charge is 0.298 e. The van der Waals surface area contributed by atoms with Crippen molar-refractivity contribution in [2.24, 2.45) is 0 Å². The number of nitrogens with zero attached hydrogens (tertiary/aromatic N) is 2. The molecule has 3 nitrogen and oxygen atoms in total. The maximum absolute atomic E-state index is 11.4. The van der Waals surface area contributed by atoms with Crippen molar-refractivity contribution >= 4 is 0 Å². The van der Waals surface area contributed by atoms with Crippen LogP contribution in [-0.4, -0.2) is 9.67 Å². The predicted octanol–water partition coefficient (Wildman–Crippen LogP) is 5.84. The standard InChI is InChI=1S/C26H32N2O/c1-14-12-15(2)23(16(3)13-14)28-11-10-27-20(7)26(8,9)22-18(5)17(4)19(6)24(29)21(22)25(27)28/h10-13,20H,1-9H3/p+1/t20-/m0/s1. The largest absolute Gasteiger partial charge is 0.507 e. The van der Waals surface area contributed by atoms with Gasteiger partial charge in [-0.2, -0.15) is 4.57 Å². The van der Waals surface area contributed by atoms with Gasteiger partial charge in [0.15, 0.2) is 0 Å². The van der Waals surface area contributed by atoms with Crippen LogP contribution in [0.2, 0.25) is 0 Å². The molecule has 1 atom stereocenters. The molecule has 0 radical (unpaired) electrons. The SMILES string of the molecule is Cc1cc(C)c(-n2cc[n+]3c2-c2c(O)c(C)c(C)c(C)c2C(C)(C)[C@@H]3C)c(C)c1. The van der Waals surface area contributed by atoms with Crippen LogP contribution >= 0.6 is 0 Å². The Morgan fingerprint density at radius 3 is 2.10 bits per heavy atom. The van der Waals surface area contributed by atoms with Gasteiger partial charge in [-0.05, 0) is 81.8 Å². The van der Waals surface area contributed by atoms with Crippen molar-refractivity contribution in [1.29, 1.82) is 0 Å². The van der Waals surface area contributed by atoms with Gasteiger partial charge in [-0.25, -0.2) is 4.57 Å². The van der Waals surface area contributed by atoms with Crippen molar-refractivity contribution in [1.82, 2.24) is 4.57 Å². The molecular weight excluding hydrogens is 356 g/mol. The highest BCUT2D eigenvalue weighted by Gasteiger charge is 2.47. The first-order valence-electron chi connectivity index (χ1n) is 10.5. The fourth-order valence-electron chi connectivity index (χ4n) is 5.42. The Labute approximate surface area is 174 Å². The van der Waals surface area contributed by atoms with E-state index in [4.69, 9.17) is 0 Å². The summed E-state index contributed by atoms with van der Waals surface area (Å²) in [5.74, 6) is 1.49. The van der Waals surface area contributed by atoms with Crippen LogP contribution in [0, 0.1) is 41.5 Å². The van der Waals surface area contributed by atoms with Gasteiger partial charge in [-0.1, -0.05) is 31.5 Å². The highest BCUT2D eigenvalue weighted by molar-refractivity contribution is 5.76. The molecule has 0 bridgehead atoms. The molecule has 2 aromatic carbocycles. The third-order valence-electron chi connectivity index (χ3n) is 7.40. The first kappa shape index (κ1) is 19.8. The lowest BCUT2D eigenvalue weighted by atomic mass is 9.70. The highest BCUT2D eigenvalue weighted by atomic mass is 16.3. The van der Waals surface area contributed by atoms with E-state index in [0.717, 1.165) is 17.0 Å². The number of benzene rings is 2. The minimum Gasteiger partial charge on any atom is -0.507 e. The molecule has 29 heavy (non-hydrogen) atoms. The Bertz CT molecular complexity index is 1140. The summed E-state index contributed by atoms with van der Waals surface area (Å²) >= 11 is 0. The molecule has 2 heterocycles. The van der Waals surface area contributed by atoms with E-state index in [9.17, 15) is 5.11 Å². The average Bonchev–Trinajstić information content (AvgIpc) is 3.04. The Hall–Kier alpha value is -2.55. The monoisotopic (exact) mass is 389 g/mol. The number of hydrogen-bond donors (Lipinski definition) is 1. The fraction of sp³-hybridized carbons (Fsp3) is 0.423. The Balaban J connectivity index is 2.17. The molecule has 3 heteroatoms. The number of aromatic hydroxyl groups is 1. The molecule has 0 saturated heterocycles. The van der Waals surface area contributed by atoms with E-state index in [1.807, 2.05) is 6.92 Å². The lowest BCUT2D eigenvalue weighted by molar-refractivity contribution is -0.719. The molecule has 3 aromatic rings. The summed E-state index contributed by atoms with van der Waals surface area (Å²) in [5, 5.41) is 11.4. The average molecular weight is 390 g/mol. The topological polar surface area (TPSA) is 29.0 Å². The van der Waals surface area contributed by atoms with Crippen LogP contribution in [0.25, 0.3) is 17.1 Å². The number of hydrogen-bond acceptors (Lipinski definition) is 1. The second kappa shape index (κ2) is 6.22. The maximum atomic E-state index is 11.4. The second-order valence-corrected chi connectivity index (χ2v) is 9.52. The highest BCUT2D eigenvalue weighted by Crippen LogP contribution is 2.50. The Morgan fingerprint density at radius 2 is 1.52 bits per heavy atom. The molecule has 1 aliphatic rings. The van der Waals surface area contributed by atoms with Crippen molar-refractivity contribution in [3.05, 3.63) is 63.5 Å². The molecule has 1 aromatic heterocycles. The van der Waals surface area contributed by atoms with Crippen molar-refractivity contribution < 1.29 is 9.67 Å². The summed E-state index contributed by atoms with van der Waals surface area (Å²) in [6, 6.07) is 4.75. The first-order chi connectivity index (χ1) is 13.5. The van der Waals surface area contributed by atoms with E-state index in [-0.39, 0.29) is 11.5 Å². The second-order valence-electron chi connectivity index (χ2n) is 9.52. The van der Waals surface area contributed by atoms with E-state index in [1.165, 1.54) is 39.1 Å². The maximum Gasteiger partial charge on any atom is 0.298 e.